The Morgan fingerprint density at radius 3 is 2.67 bits per heavy atom. The summed E-state index contributed by atoms with van der Waals surface area (Å²) < 4.78 is 0.694. The van der Waals surface area contributed by atoms with Crippen molar-refractivity contribution in [3.8, 4) is 0 Å². The molecule has 1 unspecified atom stereocenters. The number of nitrogens with one attached hydrogen (secondary N) is 2. The van der Waals surface area contributed by atoms with Crippen LogP contribution in [0.4, 0.5) is 4.79 Å². The van der Waals surface area contributed by atoms with Crippen molar-refractivity contribution in [2.75, 3.05) is 13.1 Å². The number of aliphatic hydroxyl groups excluding tert-OH is 1. The molecule has 8 heteroatoms. The normalized spacial score (nSPS) is 11.9. The highest BCUT2D eigenvalue weighted by molar-refractivity contribution is 7.16. The van der Waals surface area contributed by atoms with Gasteiger partial charge in [-0.15, -0.1) is 11.3 Å². The summed E-state index contributed by atoms with van der Waals surface area (Å²) in [6, 6.07) is 3.14. The summed E-state index contributed by atoms with van der Waals surface area (Å²) in [5.41, 5.74) is 0. The first-order valence-electron chi connectivity index (χ1n) is 5.16. The summed E-state index contributed by atoms with van der Waals surface area (Å²) in [6.07, 6.45) is -0.946. The Morgan fingerprint density at radius 2 is 2.11 bits per heavy atom. The third-order valence-corrected chi connectivity index (χ3v) is 3.32. The van der Waals surface area contributed by atoms with Gasteiger partial charge in [-0.2, -0.15) is 0 Å². The Morgan fingerprint density at radius 1 is 1.39 bits per heavy atom. The Bertz CT molecular complexity index is 424. The lowest BCUT2D eigenvalue weighted by atomic mass is 10.3. The maximum Gasteiger partial charge on any atom is 0.334 e. The predicted molar refractivity (Wildman–Crippen MR) is 68.1 cm³/mol. The van der Waals surface area contributed by atoms with E-state index in [1.807, 2.05) is 6.07 Å². The Balaban J connectivity index is 2.15. The smallest absolute Gasteiger partial charge is 0.334 e. The molecule has 6 nitrogen and oxygen atoms in total. The molecule has 0 radical (unpaired) electrons. The second-order valence-corrected chi connectivity index (χ2v) is 5.25. The summed E-state index contributed by atoms with van der Waals surface area (Å²) in [5.74, 6) is -1.37. The van der Waals surface area contributed by atoms with Crippen LogP contribution in [0.2, 0.25) is 4.34 Å². The largest absolute Gasteiger partial charge is 0.479 e. The monoisotopic (exact) mass is 292 g/mol. The molecule has 100 valence electrons. The molecule has 1 rings (SSSR count). The predicted octanol–water partition coefficient (Wildman–Crippen LogP) is 0.689. The second kappa shape index (κ2) is 7.20. The van der Waals surface area contributed by atoms with Gasteiger partial charge in [0.25, 0.3) is 0 Å². The molecule has 1 aromatic heterocycles. The number of aliphatic hydroxyl groups is 1. The van der Waals surface area contributed by atoms with Crippen molar-refractivity contribution < 1.29 is 19.8 Å². The van der Waals surface area contributed by atoms with Crippen LogP contribution >= 0.6 is 22.9 Å². The summed E-state index contributed by atoms with van der Waals surface area (Å²) in [7, 11) is 0. The number of carbonyl (C=O) groups is 2. The van der Waals surface area contributed by atoms with Crippen molar-refractivity contribution in [2.24, 2.45) is 0 Å². The van der Waals surface area contributed by atoms with Crippen LogP contribution in [0.5, 0.6) is 0 Å². The van der Waals surface area contributed by atoms with E-state index in [-0.39, 0.29) is 6.54 Å². The van der Waals surface area contributed by atoms with Crippen LogP contribution < -0.4 is 10.6 Å². The first-order valence-corrected chi connectivity index (χ1v) is 6.35. The third kappa shape index (κ3) is 5.35. The molecular weight excluding hydrogens is 280 g/mol. The fourth-order valence-corrected chi connectivity index (χ4v) is 2.21. The first-order chi connectivity index (χ1) is 8.49. The van der Waals surface area contributed by atoms with E-state index < -0.39 is 18.1 Å². The van der Waals surface area contributed by atoms with E-state index >= 15 is 0 Å². The molecule has 0 bridgehead atoms. The quantitative estimate of drug-likeness (QED) is 0.620. The van der Waals surface area contributed by atoms with Crippen LogP contribution in [-0.4, -0.2) is 41.4 Å². The number of amides is 2. The Kier molecular flexibility index (Phi) is 5.90. The lowest BCUT2D eigenvalue weighted by Gasteiger charge is -2.08. The second-order valence-electron chi connectivity index (χ2n) is 3.45. The van der Waals surface area contributed by atoms with Gasteiger partial charge in [0.1, 0.15) is 0 Å². The molecule has 1 aromatic rings. The first kappa shape index (κ1) is 14.7. The minimum absolute atomic E-state index is 0.327. The standard InChI is InChI=1S/C10H13ClN2O4S/c11-8-2-1-6(18-8)3-4-12-10(17)13-5-7(14)9(15)16/h1-2,7,14H,3-5H2,(H,15,16)(H2,12,13,17). The molecule has 0 saturated heterocycles. The SMILES string of the molecule is O=C(NCCc1ccc(Cl)s1)NCC(O)C(=O)O. The van der Waals surface area contributed by atoms with E-state index in [0.29, 0.717) is 17.3 Å². The molecule has 0 saturated carbocycles. The molecular formula is C10H13ClN2O4S. The highest BCUT2D eigenvalue weighted by Crippen LogP contribution is 2.21. The molecule has 1 heterocycles. The summed E-state index contributed by atoms with van der Waals surface area (Å²) >= 11 is 7.19. The minimum Gasteiger partial charge on any atom is -0.479 e. The van der Waals surface area contributed by atoms with Gasteiger partial charge in [0.15, 0.2) is 6.10 Å². The van der Waals surface area contributed by atoms with Gasteiger partial charge in [-0.05, 0) is 18.6 Å². The zero-order valence-corrected chi connectivity index (χ0v) is 10.9. The molecule has 4 N–H and O–H groups in total. The molecule has 2 amide bonds. The van der Waals surface area contributed by atoms with E-state index in [9.17, 15) is 9.59 Å². The molecule has 0 aliphatic rings. The van der Waals surface area contributed by atoms with Crippen molar-refractivity contribution in [1.29, 1.82) is 0 Å². The molecule has 0 aliphatic carbocycles. The fourth-order valence-electron chi connectivity index (χ4n) is 1.12. The summed E-state index contributed by atoms with van der Waals surface area (Å²) in [5, 5.41) is 22.1. The zero-order valence-electron chi connectivity index (χ0n) is 9.35. The maximum absolute atomic E-state index is 11.2. The molecule has 18 heavy (non-hydrogen) atoms. The zero-order chi connectivity index (χ0) is 13.5. The van der Waals surface area contributed by atoms with Crippen molar-refractivity contribution in [3.05, 3.63) is 21.3 Å². The topological polar surface area (TPSA) is 98.7 Å². The number of carbonyl (C=O) groups excluding carboxylic acids is 1. The van der Waals surface area contributed by atoms with Crippen molar-refractivity contribution in [1.82, 2.24) is 10.6 Å². The number of rotatable bonds is 6. The van der Waals surface area contributed by atoms with E-state index in [1.54, 1.807) is 6.07 Å². The number of carboxylic acids is 1. The number of hydrogen-bond donors (Lipinski definition) is 4. The lowest BCUT2D eigenvalue weighted by molar-refractivity contribution is -0.146. The van der Waals surface area contributed by atoms with Gasteiger partial charge in [0.05, 0.1) is 10.9 Å². The van der Waals surface area contributed by atoms with Crippen molar-refractivity contribution in [2.45, 2.75) is 12.5 Å². The Hall–Kier alpha value is -1.31. The molecule has 0 aromatic carbocycles. The summed E-state index contributed by atoms with van der Waals surface area (Å²) in [6.45, 7) is 0.0812. The molecule has 0 spiro atoms. The van der Waals surface area contributed by atoms with Crippen LogP contribution in [0.15, 0.2) is 12.1 Å². The van der Waals surface area contributed by atoms with Crippen molar-refractivity contribution >= 4 is 34.9 Å². The average Bonchev–Trinajstić information content (AvgIpc) is 2.71. The molecule has 0 fully saturated rings. The minimum atomic E-state index is -1.59. The highest BCUT2D eigenvalue weighted by atomic mass is 35.5. The van der Waals surface area contributed by atoms with Gasteiger partial charge in [-0.25, -0.2) is 9.59 Å². The average molecular weight is 293 g/mol. The number of halogens is 1. The number of urea groups is 1. The van der Waals surface area contributed by atoms with Gasteiger partial charge in [-0.3, -0.25) is 0 Å². The van der Waals surface area contributed by atoms with Gasteiger partial charge in [0.2, 0.25) is 0 Å². The lowest BCUT2D eigenvalue weighted by Crippen LogP contribution is -2.42. The van der Waals surface area contributed by atoms with Gasteiger partial charge >= 0.3 is 12.0 Å². The number of aliphatic carboxylic acids is 1. The van der Waals surface area contributed by atoms with E-state index in [0.717, 1.165) is 4.88 Å². The van der Waals surface area contributed by atoms with Crippen LogP contribution in [0, 0.1) is 0 Å². The molecule has 0 aliphatic heterocycles. The highest BCUT2D eigenvalue weighted by Gasteiger charge is 2.13. The third-order valence-electron chi connectivity index (χ3n) is 2.03. The fraction of sp³-hybridized carbons (Fsp3) is 0.400. The summed E-state index contributed by atoms with van der Waals surface area (Å²) in [4.78, 5) is 22.5. The molecule has 1 atom stereocenters. The van der Waals surface area contributed by atoms with Gasteiger partial charge in [-0.1, -0.05) is 11.6 Å². The van der Waals surface area contributed by atoms with Crippen LogP contribution in [-0.2, 0) is 11.2 Å². The van der Waals surface area contributed by atoms with E-state index in [2.05, 4.69) is 10.6 Å². The van der Waals surface area contributed by atoms with E-state index in [4.69, 9.17) is 21.8 Å². The van der Waals surface area contributed by atoms with Crippen LogP contribution in [0.1, 0.15) is 4.88 Å². The van der Waals surface area contributed by atoms with Crippen molar-refractivity contribution in [3.63, 3.8) is 0 Å². The van der Waals surface area contributed by atoms with Crippen LogP contribution in [0.3, 0.4) is 0 Å². The van der Waals surface area contributed by atoms with Crippen LogP contribution in [0.25, 0.3) is 0 Å². The maximum atomic E-state index is 11.2. The Labute approximate surface area is 113 Å². The van der Waals surface area contributed by atoms with Gasteiger partial charge < -0.3 is 20.8 Å². The number of thiophene rings is 1. The number of carboxylic acid groups (broad SMARTS) is 1. The van der Waals surface area contributed by atoms with E-state index in [1.165, 1.54) is 11.3 Å². The number of hydrogen-bond acceptors (Lipinski definition) is 4. The van der Waals surface area contributed by atoms with Gasteiger partial charge in [0, 0.05) is 11.4 Å².